The van der Waals surface area contributed by atoms with Gasteiger partial charge in [-0.3, -0.25) is 9.59 Å². The first-order chi connectivity index (χ1) is 9.69. The van der Waals surface area contributed by atoms with E-state index in [4.69, 9.17) is 5.26 Å². The molecule has 0 aromatic heterocycles. The Kier molecular flexibility index (Phi) is 5.16. The van der Waals surface area contributed by atoms with Crippen molar-refractivity contribution in [3.8, 4) is 6.07 Å². The Bertz CT molecular complexity index is 435. The maximum absolute atomic E-state index is 12.1. The van der Waals surface area contributed by atoms with Crippen molar-refractivity contribution in [2.75, 3.05) is 13.1 Å². The molecule has 2 rings (SSSR count). The van der Waals surface area contributed by atoms with Gasteiger partial charge < -0.3 is 10.2 Å². The average Bonchev–Trinajstić information content (AvgIpc) is 2.92. The number of nitrogens with one attached hydrogen (secondary N) is 1. The summed E-state index contributed by atoms with van der Waals surface area (Å²) < 4.78 is 0. The normalized spacial score (nSPS) is 19.6. The van der Waals surface area contributed by atoms with E-state index in [2.05, 4.69) is 5.32 Å². The Morgan fingerprint density at radius 3 is 2.55 bits per heavy atom. The van der Waals surface area contributed by atoms with E-state index in [-0.39, 0.29) is 24.3 Å². The fourth-order valence-corrected chi connectivity index (χ4v) is 2.83. The van der Waals surface area contributed by atoms with Gasteiger partial charge in [-0.05, 0) is 38.5 Å². The number of carbonyl (C=O) groups excluding carboxylic acids is 2. The zero-order valence-electron chi connectivity index (χ0n) is 11.7. The van der Waals surface area contributed by atoms with Gasteiger partial charge in [0.25, 0.3) is 0 Å². The van der Waals surface area contributed by atoms with Crippen LogP contribution in [0, 0.1) is 11.3 Å². The van der Waals surface area contributed by atoms with Crippen molar-refractivity contribution >= 4 is 11.8 Å². The molecular formula is C15H21N3O2. The van der Waals surface area contributed by atoms with E-state index in [0.29, 0.717) is 13.1 Å². The van der Waals surface area contributed by atoms with Crippen LogP contribution in [0.3, 0.4) is 0 Å². The van der Waals surface area contributed by atoms with Gasteiger partial charge in [0.15, 0.2) is 0 Å². The van der Waals surface area contributed by atoms with Gasteiger partial charge in [0.2, 0.25) is 11.8 Å². The van der Waals surface area contributed by atoms with Crippen LogP contribution in [0.1, 0.15) is 44.9 Å². The molecule has 0 aromatic rings. The molecule has 0 atom stereocenters. The number of likely N-dealkylation sites (tertiary alicyclic amines) is 1. The van der Waals surface area contributed by atoms with Crippen LogP contribution in [0.4, 0.5) is 0 Å². The van der Waals surface area contributed by atoms with Crippen molar-refractivity contribution < 1.29 is 9.59 Å². The van der Waals surface area contributed by atoms with Crippen LogP contribution < -0.4 is 5.32 Å². The second-order valence-electron chi connectivity index (χ2n) is 5.51. The predicted octanol–water partition coefficient (Wildman–Crippen LogP) is 1.51. The SMILES string of the molecule is N#CCC(=O)NC1CCN(C(=O)C=C2CCCC2)CC1. The Morgan fingerprint density at radius 1 is 1.30 bits per heavy atom. The maximum Gasteiger partial charge on any atom is 0.246 e. The van der Waals surface area contributed by atoms with Gasteiger partial charge in [-0.15, -0.1) is 0 Å². The maximum atomic E-state index is 12.1. The van der Waals surface area contributed by atoms with Crippen molar-refractivity contribution in [2.24, 2.45) is 0 Å². The topological polar surface area (TPSA) is 73.2 Å². The number of piperidine rings is 1. The molecule has 5 heteroatoms. The molecule has 1 aliphatic carbocycles. The predicted molar refractivity (Wildman–Crippen MR) is 74.5 cm³/mol. The largest absolute Gasteiger partial charge is 0.352 e. The van der Waals surface area contributed by atoms with Gasteiger partial charge in [0.1, 0.15) is 6.42 Å². The van der Waals surface area contributed by atoms with E-state index in [0.717, 1.165) is 25.7 Å². The molecule has 1 saturated heterocycles. The third-order valence-electron chi connectivity index (χ3n) is 3.98. The lowest BCUT2D eigenvalue weighted by atomic mass is 10.0. The fourth-order valence-electron chi connectivity index (χ4n) is 2.83. The Labute approximate surface area is 119 Å². The second kappa shape index (κ2) is 7.09. The summed E-state index contributed by atoms with van der Waals surface area (Å²) in [5, 5.41) is 11.3. The lowest BCUT2D eigenvalue weighted by Crippen LogP contribution is -2.46. The number of carbonyl (C=O) groups is 2. The third-order valence-corrected chi connectivity index (χ3v) is 3.98. The highest BCUT2D eigenvalue weighted by Crippen LogP contribution is 2.24. The second-order valence-corrected chi connectivity index (χ2v) is 5.51. The number of rotatable bonds is 3. The van der Waals surface area contributed by atoms with Crippen molar-refractivity contribution in [1.82, 2.24) is 10.2 Å². The molecule has 5 nitrogen and oxygen atoms in total. The van der Waals surface area contributed by atoms with Crippen LogP contribution >= 0.6 is 0 Å². The molecule has 1 saturated carbocycles. The molecule has 1 N–H and O–H groups in total. The van der Waals surface area contributed by atoms with Crippen LogP contribution in [0.15, 0.2) is 11.6 Å². The number of nitriles is 1. The van der Waals surface area contributed by atoms with Gasteiger partial charge >= 0.3 is 0 Å². The molecule has 0 aromatic carbocycles. The van der Waals surface area contributed by atoms with Crippen LogP contribution in [0.5, 0.6) is 0 Å². The fraction of sp³-hybridized carbons (Fsp3) is 0.667. The lowest BCUT2D eigenvalue weighted by Gasteiger charge is -2.31. The zero-order valence-corrected chi connectivity index (χ0v) is 11.7. The highest BCUT2D eigenvalue weighted by molar-refractivity contribution is 5.88. The first-order valence-corrected chi connectivity index (χ1v) is 7.33. The van der Waals surface area contributed by atoms with Crippen LogP contribution in [0.2, 0.25) is 0 Å². The number of amides is 2. The minimum absolute atomic E-state index is 0.0920. The van der Waals surface area contributed by atoms with Crippen molar-refractivity contribution in [1.29, 1.82) is 5.26 Å². The summed E-state index contributed by atoms with van der Waals surface area (Å²) in [5.74, 6) is -0.103. The van der Waals surface area contributed by atoms with Gasteiger partial charge in [-0.25, -0.2) is 0 Å². The summed E-state index contributed by atoms with van der Waals surface area (Å²) >= 11 is 0. The number of hydrogen-bond acceptors (Lipinski definition) is 3. The summed E-state index contributed by atoms with van der Waals surface area (Å²) in [4.78, 5) is 25.3. The molecule has 1 aliphatic heterocycles. The number of nitrogens with zero attached hydrogens (tertiary/aromatic N) is 2. The van der Waals surface area contributed by atoms with E-state index < -0.39 is 0 Å². The lowest BCUT2D eigenvalue weighted by molar-refractivity contribution is -0.127. The van der Waals surface area contributed by atoms with E-state index in [1.165, 1.54) is 18.4 Å². The molecule has 2 fully saturated rings. The molecule has 20 heavy (non-hydrogen) atoms. The Hall–Kier alpha value is -1.83. The van der Waals surface area contributed by atoms with Crippen molar-refractivity contribution in [2.45, 2.75) is 51.0 Å². The highest BCUT2D eigenvalue weighted by atomic mass is 16.2. The quantitative estimate of drug-likeness (QED) is 0.793. The Morgan fingerprint density at radius 2 is 1.95 bits per heavy atom. The molecular weight excluding hydrogens is 254 g/mol. The molecule has 2 aliphatic rings. The van der Waals surface area contributed by atoms with Crippen LogP contribution in [0.25, 0.3) is 0 Å². The third kappa shape index (κ3) is 4.09. The summed E-state index contributed by atoms with van der Waals surface area (Å²) in [6.45, 7) is 1.36. The molecule has 0 bridgehead atoms. The van der Waals surface area contributed by atoms with Gasteiger partial charge in [0.05, 0.1) is 6.07 Å². The highest BCUT2D eigenvalue weighted by Gasteiger charge is 2.23. The molecule has 0 spiro atoms. The summed E-state index contributed by atoms with van der Waals surface area (Å²) in [6, 6.07) is 1.94. The zero-order chi connectivity index (χ0) is 14.4. The summed E-state index contributed by atoms with van der Waals surface area (Å²) in [5.41, 5.74) is 1.28. The van der Waals surface area contributed by atoms with Gasteiger partial charge in [-0.2, -0.15) is 5.26 Å². The molecule has 108 valence electrons. The number of hydrogen-bond donors (Lipinski definition) is 1. The summed E-state index contributed by atoms with van der Waals surface area (Å²) in [6.07, 6.45) is 7.78. The summed E-state index contributed by atoms with van der Waals surface area (Å²) in [7, 11) is 0. The van der Waals surface area contributed by atoms with E-state index in [1.807, 2.05) is 17.0 Å². The standard InChI is InChI=1S/C15H21N3O2/c16-8-5-14(19)17-13-6-9-18(10-7-13)15(20)11-12-3-1-2-4-12/h11,13H,1-7,9-10H2,(H,17,19). The van der Waals surface area contributed by atoms with E-state index in [9.17, 15) is 9.59 Å². The molecule has 2 amide bonds. The average molecular weight is 275 g/mol. The molecule has 0 unspecified atom stereocenters. The van der Waals surface area contributed by atoms with E-state index in [1.54, 1.807) is 0 Å². The Balaban J connectivity index is 1.76. The van der Waals surface area contributed by atoms with Gasteiger partial charge in [0, 0.05) is 25.2 Å². The monoisotopic (exact) mass is 275 g/mol. The van der Waals surface area contributed by atoms with E-state index >= 15 is 0 Å². The minimum atomic E-state index is -0.217. The smallest absolute Gasteiger partial charge is 0.246 e. The minimum Gasteiger partial charge on any atom is -0.352 e. The first-order valence-electron chi connectivity index (χ1n) is 7.33. The van der Waals surface area contributed by atoms with Crippen LogP contribution in [-0.2, 0) is 9.59 Å². The van der Waals surface area contributed by atoms with Crippen molar-refractivity contribution in [3.05, 3.63) is 11.6 Å². The molecule has 1 heterocycles. The van der Waals surface area contributed by atoms with Crippen LogP contribution in [-0.4, -0.2) is 35.8 Å². The first kappa shape index (κ1) is 14.6. The molecule has 0 radical (unpaired) electrons. The van der Waals surface area contributed by atoms with Gasteiger partial charge in [-0.1, -0.05) is 5.57 Å². The van der Waals surface area contributed by atoms with Crippen molar-refractivity contribution in [3.63, 3.8) is 0 Å². The number of allylic oxidation sites excluding steroid dienone is 1.